The molecule has 0 saturated heterocycles. The van der Waals surface area contributed by atoms with Crippen molar-refractivity contribution >= 4 is 61.4 Å². The van der Waals surface area contributed by atoms with Crippen LogP contribution in [0.25, 0.3) is 11.1 Å². The first-order valence-corrected chi connectivity index (χ1v) is 11.7. The van der Waals surface area contributed by atoms with Gasteiger partial charge in [-0.15, -0.1) is 10.2 Å². The van der Waals surface area contributed by atoms with Crippen LogP contribution in [0.1, 0.15) is 25.1 Å². The molecule has 13 heteroatoms. The number of rotatable bonds is 5. The summed E-state index contributed by atoms with van der Waals surface area (Å²) in [6, 6.07) is 7.12. The molecular formula is C20H18BrN9O2S. The van der Waals surface area contributed by atoms with Gasteiger partial charge in [-0.25, -0.2) is 4.99 Å². The largest absolute Gasteiger partial charge is 0.423 e. The average Bonchev–Trinajstić information content (AvgIpc) is 3.53. The van der Waals surface area contributed by atoms with Gasteiger partial charge in [0.25, 0.3) is 5.91 Å². The monoisotopic (exact) mass is 527 g/mol. The zero-order valence-corrected chi connectivity index (χ0v) is 19.9. The Bertz CT molecular complexity index is 1340. The Balaban J connectivity index is 1.54. The van der Waals surface area contributed by atoms with Gasteiger partial charge < -0.3 is 9.73 Å². The summed E-state index contributed by atoms with van der Waals surface area (Å²) in [6.07, 6.45) is 2.23. The van der Waals surface area contributed by atoms with Gasteiger partial charge in [0.2, 0.25) is 11.1 Å². The molecule has 4 aromatic rings. The number of aliphatic imine (C=N–C) groups is 1. The van der Waals surface area contributed by atoms with E-state index in [9.17, 15) is 4.79 Å². The van der Waals surface area contributed by atoms with Crippen molar-refractivity contribution in [3.05, 3.63) is 57.4 Å². The number of aromatic nitrogens is 5. The lowest BCUT2D eigenvalue weighted by Gasteiger charge is -2.27. The molecule has 0 saturated carbocycles. The highest BCUT2D eigenvalue weighted by Gasteiger charge is 2.34. The van der Waals surface area contributed by atoms with Crippen molar-refractivity contribution in [1.29, 1.82) is 0 Å². The summed E-state index contributed by atoms with van der Waals surface area (Å²) < 4.78 is 8.20. The first-order valence-electron chi connectivity index (χ1n) is 9.99. The number of hydrogen-bond donors (Lipinski definition) is 3. The van der Waals surface area contributed by atoms with Gasteiger partial charge in [-0.3, -0.25) is 20.1 Å². The molecular weight excluding hydrogens is 510 g/mol. The van der Waals surface area contributed by atoms with E-state index in [0.29, 0.717) is 40.4 Å². The molecule has 0 radical (unpaired) electrons. The highest BCUT2D eigenvalue weighted by atomic mass is 79.9. The van der Waals surface area contributed by atoms with Crippen molar-refractivity contribution in [1.82, 2.24) is 30.3 Å². The summed E-state index contributed by atoms with van der Waals surface area (Å²) >= 11 is 4.78. The van der Waals surface area contributed by atoms with Gasteiger partial charge >= 0.3 is 6.01 Å². The quantitative estimate of drug-likeness (QED) is 0.358. The van der Waals surface area contributed by atoms with Gasteiger partial charge in [0.15, 0.2) is 5.58 Å². The van der Waals surface area contributed by atoms with Crippen LogP contribution in [0.15, 0.2) is 61.1 Å². The van der Waals surface area contributed by atoms with Crippen molar-refractivity contribution in [2.75, 3.05) is 10.6 Å². The van der Waals surface area contributed by atoms with E-state index in [4.69, 9.17) is 9.41 Å². The number of hydrogen-bond acceptors (Lipinski definition) is 10. The number of allylic oxidation sites excluding steroid dienone is 1. The van der Waals surface area contributed by atoms with E-state index in [0.717, 1.165) is 15.7 Å². The van der Waals surface area contributed by atoms with Crippen LogP contribution < -0.4 is 16.0 Å². The molecule has 1 aromatic carbocycles. The molecule has 1 atom stereocenters. The molecule has 0 fully saturated rings. The molecule has 1 unspecified atom stereocenters. The van der Waals surface area contributed by atoms with Crippen LogP contribution in [0.2, 0.25) is 0 Å². The number of halogens is 1. The number of nitrogens with one attached hydrogen (secondary N) is 3. The van der Waals surface area contributed by atoms with E-state index in [1.54, 1.807) is 23.4 Å². The molecule has 4 heterocycles. The molecule has 1 amide bonds. The number of anilines is 2. The van der Waals surface area contributed by atoms with E-state index in [2.05, 4.69) is 52.2 Å². The van der Waals surface area contributed by atoms with E-state index >= 15 is 0 Å². The Labute approximate surface area is 200 Å². The minimum Gasteiger partial charge on any atom is -0.423 e. The van der Waals surface area contributed by atoms with E-state index < -0.39 is 6.04 Å². The van der Waals surface area contributed by atoms with Gasteiger partial charge in [-0.1, -0.05) is 30.4 Å². The number of amides is 1. The molecule has 5 rings (SSSR count). The third kappa shape index (κ3) is 4.12. The smallest absolute Gasteiger partial charge is 0.302 e. The minimum atomic E-state index is -0.650. The van der Waals surface area contributed by atoms with Crippen molar-refractivity contribution in [3.8, 4) is 0 Å². The lowest BCUT2D eigenvalue weighted by atomic mass is 9.98. The molecule has 1 aliphatic rings. The standard InChI is InChI=1S/C20H18BrN9O2S/c1-3-11-14(17(31)27-20-29-22-9-33-20)15(16-10(21)8-23-30(16)2)26-18(24-11)28-19-25-12-6-4-5-7-13(12)32-19/h4-9,15H,3H2,1-2H3,(H,27,29,31)(H2,24,25,26,28). The molecule has 0 bridgehead atoms. The zero-order chi connectivity index (χ0) is 22.9. The topological polar surface area (TPSA) is 135 Å². The predicted octanol–water partition coefficient (Wildman–Crippen LogP) is 3.59. The molecule has 0 spiro atoms. The molecule has 3 aromatic heterocycles. The highest BCUT2D eigenvalue weighted by molar-refractivity contribution is 9.10. The maximum atomic E-state index is 13.3. The van der Waals surface area contributed by atoms with Gasteiger partial charge in [-0.2, -0.15) is 10.1 Å². The number of nitrogens with zero attached hydrogens (tertiary/aromatic N) is 6. The number of aryl methyl sites for hydroxylation is 1. The fourth-order valence-corrected chi connectivity index (χ4v) is 4.55. The van der Waals surface area contributed by atoms with E-state index in [1.807, 2.05) is 31.2 Å². The lowest BCUT2D eigenvalue weighted by molar-refractivity contribution is -0.113. The fraction of sp³-hybridized carbons (Fsp3) is 0.200. The second-order valence-electron chi connectivity index (χ2n) is 7.06. The molecule has 3 N–H and O–H groups in total. The Kier molecular flexibility index (Phi) is 5.64. The second-order valence-corrected chi connectivity index (χ2v) is 8.75. The Morgan fingerprint density at radius 2 is 2.21 bits per heavy atom. The molecule has 0 aliphatic carbocycles. The summed E-state index contributed by atoms with van der Waals surface area (Å²) in [4.78, 5) is 22.6. The number of carbonyl (C=O) groups is 1. The van der Waals surface area contributed by atoms with Crippen LogP contribution in [0.4, 0.5) is 11.1 Å². The minimum absolute atomic E-state index is 0.294. The first-order chi connectivity index (χ1) is 16.0. The lowest BCUT2D eigenvalue weighted by Crippen LogP contribution is -2.38. The number of para-hydroxylation sites is 2. The van der Waals surface area contributed by atoms with Crippen LogP contribution >= 0.6 is 27.3 Å². The van der Waals surface area contributed by atoms with Crippen molar-refractivity contribution in [2.45, 2.75) is 19.4 Å². The molecule has 33 heavy (non-hydrogen) atoms. The van der Waals surface area contributed by atoms with Gasteiger partial charge in [0.05, 0.1) is 21.9 Å². The third-order valence-corrected chi connectivity index (χ3v) is 6.24. The Hall–Kier alpha value is -3.58. The number of oxazole rings is 1. The van der Waals surface area contributed by atoms with E-state index in [1.165, 1.54) is 11.3 Å². The molecule has 11 nitrogen and oxygen atoms in total. The van der Waals surface area contributed by atoms with E-state index in [-0.39, 0.29) is 5.91 Å². The van der Waals surface area contributed by atoms with Crippen LogP contribution in [0, 0.1) is 0 Å². The number of benzene rings is 1. The summed E-state index contributed by atoms with van der Waals surface area (Å²) in [5, 5.41) is 21.5. The first kappa shape index (κ1) is 21.3. The fourth-order valence-electron chi connectivity index (χ4n) is 3.55. The van der Waals surface area contributed by atoms with Crippen LogP contribution in [-0.2, 0) is 11.8 Å². The molecule has 168 valence electrons. The number of carbonyl (C=O) groups excluding carboxylic acids is 1. The Morgan fingerprint density at radius 3 is 2.91 bits per heavy atom. The maximum Gasteiger partial charge on any atom is 0.302 e. The second kappa shape index (κ2) is 8.75. The number of guanidine groups is 1. The third-order valence-electron chi connectivity index (χ3n) is 5.02. The van der Waals surface area contributed by atoms with Crippen molar-refractivity contribution in [2.24, 2.45) is 12.0 Å². The summed E-state index contributed by atoms with van der Waals surface area (Å²) in [6.45, 7) is 1.96. The van der Waals surface area contributed by atoms with Crippen LogP contribution in [0.5, 0.6) is 0 Å². The Morgan fingerprint density at radius 1 is 1.36 bits per heavy atom. The predicted molar refractivity (Wildman–Crippen MR) is 128 cm³/mol. The number of fused-ring (bicyclic) bond motifs is 1. The zero-order valence-electron chi connectivity index (χ0n) is 17.5. The normalized spacial score (nSPS) is 16.0. The van der Waals surface area contributed by atoms with Crippen molar-refractivity contribution < 1.29 is 9.21 Å². The van der Waals surface area contributed by atoms with Gasteiger partial charge in [-0.05, 0) is 34.5 Å². The summed E-state index contributed by atoms with van der Waals surface area (Å²) in [7, 11) is 1.80. The SMILES string of the molecule is CCC1=C(C(=O)Nc2nncs2)C(c2c(Br)cnn2C)N=C(Nc2nc3ccccc3o2)N1. The maximum absolute atomic E-state index is 13.3. The molecule has 1 aliphatic heterocycles. The summed E-state index contributed by atoms with van der Waals surface area (Å²) in [5.41, 5.74) is 4.82. The summed E-state index contributed by atoms with van der Waals surface area (Å²) in [5.74, 6) is 0.0860. The van der Waals surface area contributed by atoms with Gasteiger partial charge in [0.1, 0.15) is 17.1 Å². The van der Waals surface area contributed by atoms with Crippen LogP contribution in [0.3, 0.4) is 0 Å². The van der Waals surface area contributed by atoms with Crippen molar-refractivity contribution in [3.63, 3.8) is 0 Å². The van der Waals surface area contributed by atoms with Gasteiger partial charge in [0, 0.05) is 12.7 Å². The highest BCUT2D eigenvalue weighted by Crippen LogP contribution is 2.36. The average molecular weight is 528 g/mol. The van der Waals surface area contributed by atoms with Crippen LogP contribution in [-0.4, -0.2) is 36.8 Å².